The van der Waals surface area contributed by atoms with Crippen molar-refractivity contribution in [2.24, 2.45) is 0 Å². The Bertz CT molecular complexity index is 638. The summed E-state index contributed by atoms with van der Waals surface area (Å²) in [4.78, 5) is 43.1. The van der Waals surface area contributed by atoms with Gasteiger partial charge >= 0.3 is 6.03 Å². The van der Waals surface area contributed by atoms with E-state index >= 15 is 0 Å². The summed E-state index contributed by atoms with van der Waals surface area (Å²) < 4.78 is 0.809. The van der Waals surface area contributed by atoms with Crippen LogP contribution < -0.4 is 5.32 Å². The number of carbonyl (C=O) groups excluding carboxylic acids is 3. The third kappa shape index (κ3) is 2.37. The number of urea groups is 1. The molecule has 0 unspecified atom stereocenters. The van der Waals surface area contributed by atoms with Crippen LogP contribution in [0.2, 0.25) is 0 Å². The standard InChI is InChI=1S/C14H15BrN4O3/c1-18-12(21)14(17-13(18)22)4-6-19(7-5-14)11(20)10-3-2-9(15)8-16-10/h2-3,8H,4-7H2,1H3,(H,17,22). The Kier molecular flexibility index (Phi) is 3.64. The Morgan fingerprint density at radius 2 is 2.00 bits per heavy atom. The number of likely N-dealkylation sites (tertiary alicyclic amines) is 1. The van der Waals surface area contributed by atoms with Crippen molar-refractivity contribution in [3.63, 3.8) is 0 Å². The minimum atomic E-state index is -0.851. The number of piperidine rings is 1. The van der Waals surface area contributed by atoms with Crippen LogP contribution in [0.15, 0.2) is 22.8 Å². The molecular formula is C14H15BrN4O3. The van der Waals surface area contributed by atoms with Crippen molar-refractivity contribution in [2.45, 2.75) is 18.4 Å². The molecule has 3 heterocycles. The zero-order valence-corrected chi connectivity index (χ0v) is 13.6. The van der Waals surface area contributed by atoms with Gasteiger partial charge in [-0.2, -0.15) is 0 Å². The Hall–Kier alpha value is -1.96. The lowest BCUT2D eigenvalue weighted by molar-refractivity contribution is -0.131. The van der Waals surface area contributed by atoms with Crippen LogP contribution in [0, 0.1) is 0 Å². The number of halogens is 1. The zero-order valence-electron chi connectivity index (χ0n) is 12.0. The first kappa shape index (κ1) is 15.0. The molecule has 2 fully saturated rings. The number of nitrogens with zero attached hydrogens (tertiary/aromatic N) is 3. The second kappa shape index (κ2) is 5.35. The van der Waals surface area contributed by atoms with Crippen molar-refractivity contribution in [3.8, 4) is 0 Å². The van der Waals surface area contributed by atoms with Crippen molar-refractivity contribution in [1.29, 1.82) is 0 Å². The van der Waals surface area contributed by atoms with Crippen LogP contribution in [-0.2, 0) is 4.79 Å². The molecule has 0 aliphatic carbocycles. The van der Waals surface area contributed by atoms with Crippen LogP contribution in [-0.4, -0.2) is 58.3 Å². The summed E-state index contributed by atoms with van der Waals surface area (Å²) in [6.07, 6.45) is 2.42. The van der Waals surface area contributed by atoms with E-state index in [1.807, 2.05) is 0 Å². The van der Waals surface area contributed by atoms with Crippen molar-refractivity contribution in [1.82, 2.24) is 20.1 Å². The molecule has 1 N–H and O–H groups in total. The Morgan fingerprint density at radius 1 is 1.32 bits per heavy atom. The number of hydrogen-bond donors (Lipinski definition) is 1. The lowest BCUT2D eigenvalue weighted by Crippen LogP contribution is -2.55. The summed E-state index contributed by atoms with van der Waals surface area (Å²) in [5, 5.41) is 2.75. The minimum absolute atomic E-state index is 0.160. The molecule has 2 saturated heterocycles. The van der Waals surface area contributed by atoms with Gasteiger partial charge in [0.1, 0.15) is 11.2 Å². The highest BCUT2D eigenvalue weighted by molar-refractivity contribution is 9.10. The molecule has 1 spiro atoms. The van der Waals surface area contributed by atoms with E-state index in [0.29, 0.717) is 31.6 Å². The van der Waals surface area contributed by atoms with E-state index < -0.39 is 5.54 Å². The van der Waals surface area contributed by atoms with Crippen LogP contribution in [0.25, 0.3) is 0 Å². The fraction of sp³-hybridized carbons (Fsp3) is 0.429. The van der Waals surface area contributed by atoms with Gasteiger partial charge in [0.15, 0.2) is 0 Å². The lowest BCUT2D eigenvalue weighted by atomic mass is 9.87. The summed E-state index contributed by atoms with van der Waals surface area (Å²) in [7, 11) is 1.47. The molecule has 8 heteroatoms. The molecule has 0 saturated carbocycles. The smallest absolute Gasteiger partial charge is 0.324 e. The molecule has 2 aliphatic rings. The van der Waals surface area contributed by atoms with Gasteiger partial charge in [0.05, 0.1) is 0 Å². The van der Waals surface area contributed by atoms with Gasteiger partial charge in [0.2, 0.25) is 0 Å². The number of imide groups is 1. The number of nitrogens with one attached hydrogen (secondary N) is 1. The third-order valence-corrected chi connectivity index (χ3v) is 4.68. The van der Waals surface area contributed by atoms with Gasteiger partial charge in [-0.05, 0) is 40.9 Å². The highest BCUT2D eigenvalue weighted by Crippen LogP contribution is 2.29. The topological polar surface area (TPSA) is 82.6 Å². The molecule has 0 atom stereocenters. The summed E-state index contributed by atoms with van der Waals surface area (Å²) in [6, 6.07) is 3.05. The van der Waals surface area contributed by atoms with Crippen molar-refractivity contribution in [3.05, 3.63) is 28.5 Å². The van der Waals surface area contributed by atoms with Gasteiger partial charge in [-0.25, -0.2) is 9.78 Å². The number of aromatic nitrogens is 1. The summed E-state index contributed by atoms with van der Waals surface area (Å²) in [5.41, 5.74) is -0.478. The fourth-order valence-electron chi connectivity index (χ4n) is 2.85. The van der Waals surface area contributed by atoms with E-state index in [1.165, 1.54) is 7.05 Å². The Morgan fingerprint density at radius 3 is 2.50 bits per heavy atom. The van der Waals surface area contributed by atoms with Crippen LogP contribution >= 0.6 is 15.9 Å². The minimum Gasteiger partial charge on any atom is -0.337 e. The van der Waals surface area contributed by atoms with E-state index in [0.717, 1.165) is 9.37 Å². The molecule has 116 valence electrons. The van der Waals surface area contributed by atoms with Gasteiger partial charge in [0, 0.05) is 30.8 Å². The first-order chi connectivity index (χ1) is 10.4. The van der Waals surface area contributed by atoms with E-state index in [9.17, 15) is 14.4 Å². The maximum absolute atomic E-state index is 12.4. The number of amides is 4. The number of rotatable bonds is 1. The molecular weight excluding hydrogens is 352 g/mol. The molecule has 1 aromatic heterocycles. The molecule has 7 nitrogen and oxygen atoms in total. The van der Waals surface area contributed by atoms with Crippen LogP contribution in [0.4, 0.5) is 4.79 Å². The maximum Gasteiger partial charge on any atom is 0.324 e. The number of hydrogen-bond acceptors (Lipinski definition) is 4. The second-order valence-corrected chi connectivity index (χ2v) is 6.45. The average Bonchev–Trinajstić information content (AvgIpc) is 2.73. The maximum atomic E-state index is 12.4. The Balaban J connectivity index is 1.69. The molecule has 4 amide bonds. The SMILES string of the molecule is CN1C(=O)NC2(CCN(C(=O)c3ccc(Br)cn3)CC2)C1=O. The van der Waals surface area contributed by atoms with Crippen LogP contribution in [0.5, 0.6) is 0 Å². The summed E-state index contributed by atoms with van der Waals surface area (Å²) in [6.45, 7) is 0.826. The van der Waals surface area contributed by atoms with E-state index in [1.54, 1.807) is 23.2 Å². The molecule has 3 rings (SSSR count). The van der Waals surface area contributed by atoms with Gasteiger partial charge in [-0.3, -0.25) is 14.5 Å². The predicted molar refractivity (Wildman–Crippen MR) is 81.1 cm³/mol. The monoisotopic (exact) mass is 366 g/mol. The van der Waals surface area contributed by atoms with Crippen LogP contribution in [0.1, 0.15) is 23.3 Å². The first-order valence-corrected chi connectivity index (χ1v) is 7.73. The number of pyridine rings is 1. The van der Waals surface area contributed by atoms with Crippen molar-refractivity contribution >= 4 is 33.8 Å². The third-order valence-electron chi connectivity index (χ3n) is 4.22. The van der Waals surface area contributed by atoms with Gasteiger partial charge in [-0.1, -0.05) is 0 Å². The molecule has 1 aromatic rings. The van der Waals surface area contributed by atoms with E-state index in [-0.39, 0.29) is 17.8 Å². The predicted octanol–water partition coefficient (Wildman–Crippen LogP) is 1.00. The van der Waals surface area contributed by atoms with Crippen LogP contribution in [0.3, 0.4) is 0 Å². The number of carbonyl (C=O) groups is 3. The highest BCUT2D eigenvalue weighted by atomic mass is 79.9. The molecule has 2 aliphatic heterocycles. The van der Waals surface area contributed by atoms with Gasteiger partial charge in [0.25, 0.3) is 11.8 Å². The largest absolute Gasteiger partial charge is 0.337 e. The molecule has 0 radical (unpaired) electrons. The molecule has 0 bridgehead atoms. The van der Waals surface area contributed by atoms with E-state index in [4.69, 9.17) is 0 Å². The van der Waals surface area contributed by atoms with Gasteiger partial charge in [-0.15, -0.1) is 0 Å². The van der Waals surface area contributed by atoms with Crippen molar-refractivity contribution < 1.29 is 14.4 Å². The van der Waals surface area contributed by atoms with Gasteiger partial charge < -0.3 is 10.2 Å². The number of likely N-dealkylation sites (N-methyl/N-ethyl adjacent to an activating group) is 1. The van der Waals surface area contributed by atoms with E-state index in [2.05, 4.69) is 26.2 Å². The fourth-order valence-corrected chi connectivity index (χ4v) is 3.08. The second-order valence-electron chi connectivity index (χ2n) is 5.53. The molecule has 22 heavy (non-hydrogen) atoms. The average molecular weight is 367 g/mol. The molecule has 0 aromatic carbocycles. The van der Waals surface area contributed by atoms with Crippen molar-refractivity contribution in [2.75, 3.05) is 20.1 Å². The lowest BCUT2D eigenvalue weighted by Gasteiger charge is -2.37. The quantitative estimate of drug-likeness (QED) is 0.751. The normalized spacial score (nSPS) is 20.5. The first-order valence-electron chi connectivity index (χ1n) is 6.94. The Labute approximate surface area is 135 Å². The summed E-state index contributed by atoms with van der Waals surface area (Å²) in [5.74, 6) is -0.376. The zero-order chi connectivity index (χ0) is 15.9. The summed E-state index contributed by atoms with van der Waals surface area (Å²) >= 11 is 3.28. The highest BCUT2D eigenvalue weighted by Gasteiger charge is 2.51.